The summed E-state index contributed by atoms with van der Waals surface area (Å²) in [6.07, 6.45) is 0.412. The summed E-state index contributed by atoms with van der Waals surface area (Å²) in [6.45, 7) is -0.365. The van der Waals surface area contributed by atoms with Crippen molar-refractivity contribution in [3.8, 4) is 5.75 Å². The number of carboxylic acids is 1. The number of nitrogens with zero attached hydrogens (tertiary/aromatic N) is 1. The molecule has 1 aliphatic rings. The van der Waals surface area contributed by atoms with E-state index in [0.717, 1.165) is 0 Å². The Hall–Kier alpha value is -2.18. The Balaban J connectivity index is 2.01. The number of aliphatic carboxylic acids is 1. The second kappa shape index (κ2) is 6.72. The summed E-state index contributed by atoms with van der Waals surface area (Å²) in [6, 6.07) is 5.47. The first-order valence-corrected chi connectivity index (χ1v) is 6.95. The predicted octanol–water partition coefficient (Wildman–Crippen LogP) is 2.47. The van der Waals surface area contributed by atoms with Gasteiger partial charge in [0.05, 0.1) is 5.92 Å². The van der Waals surface area contributed by atoms with Crippen molar-refractivity contribution in [2.24, 2.45) is 11.8 Å². The van der Waals surface area contributed by atoms with Gasteiger partial charge in [0.2, 0.25) is 0 Å². The largest absolute Gasteiger partial charge is 0.481 e. The first kappa shape index (κ1) is 16.2. The van der Waals surface area contributed by atoms with Crippen LogP contribution in [0.1, 0.15) is 23.7 Å². The van der Waals surface area contributed by atoms with E-state index in [1.807, 2.05) is 0 Å². The highest BCUT2D eigenvalue weighted by molar-refractivity contribution is 5.94. The average Bonchev–Trinajstić information content (AvgIpc) is 2.46. The second-order valence-corrected chi connectivity index (χ2v) is 5.36. The molecule has 0 radical (unpaired) electrons. The van der Waals surface area contributed by atoms with Crippen molar-refractivity contribution in [2.45, 2.75) is 20.0 Å². The molecular formula is C15H17F2NO4. The van der Waals surface area contributed by atoms with Crippen LogP contribution in [0.25, 0.3) is 0 Å². The molecule has 1 aromatic rings. The predicted molar refractivity (Wildman–Crippen MR) is 73.9 cm³/mol. The summed E-state index contributed by atoms with van der Waals surface area (Å²) in [5, 5.41) is 9.07. The van der Waals surface area contributed by atoms with Gasteiger partial charge in [-0.3, -0.25) is 9.59 Å². The zero-order valence-electron chi connectivity index (χ0n) is 12.0. The topological polar surface area (TPSA) is 66.8 Å². The van der Waals surface area contributed by atoms with E-state index in [1.54, 1.807) is 11.8 Å². The summed E-state index contributed by atoms with van der Waals surface area (Å²) >= 11 is 0. The lowest BCUT2D eigenvalue weighted by atomic mass is 9.87. The number of halogens is 2. The number of rotatable bonds is 4. The van der Waals surface area contributed by atoms with Crippen molar-refractivity contribution in [1.82, 2.24) is 4.90 Å². The lowest BCUT2D eigenvalue weighted by Gasteiger charge is -2.35. The highest BCUT2D eigenvalue weighted by Crippen LogP contribution is 2.25. The molecule has 0 saturated carbocycles. The van der Waals surface area contributed by atoms with Crippen molar-refractivity contribution >= 4 is 11.9 Å². The number of carboxylic acid groups (broad SMARTS) is 1. The third kappa shape index (κ3) is 3.72. The zero-order valence-corrected chi connectivity index (χ0v) is 12.0. The van der Waals surface area contributed by atoms with Crippen LogP contribution in [0.5, 0.6) is 5.75 Å². The number of carbonyl (C=O) groups excluding carboxylic acids is 1. The smallest absolute Gasteiger partial charge is 0.387 e. The number of amides is 1. The monoisotopic (exact) mass is 313 g/mol. The van der Waals surface area contributed by atoms with E-state index < -0.39 is 18.5 Å². The van der Waals surface area contributed by atoms with Crippen LogP contribution in [0.4, 0.5) is 8.78 Å². The van der Waals surface area contributed by atoms with Crippen LogP contribution in [-0.2, 0) is 4.79 Å². The fraction of sp³-hybridized carbons (Fsp3) is 0.467. The minimum Gasteiger partial charge on any atom is -0.481 e. The highest BCUT2D eigenvalue weighted by atomic mass is 19.3. The zero-order chi connectivity index (χ0) is 16.3. The lowest BCUT2D eigenvalue weighted by molar-refractivity contribution is -0.145. The van der Waals surface area contributed by atoms with Crippen LogP contribution in [-0.4, -0.2) is 41.6 Å². The van der Waals surface area contributed by atoms with E-state index in [2.05, 4.69) is 4.74 Å². The Morgan fingerprint density at radius 1 is 1.32 bits per heavy atom. The molecule has 0 aromatic heterocycles. The van der Waals surface area contributed by atoms with Crippen molar-refractivity contribution in [1.29, 1.82) is 0 Å². The molecule has 1 N–H and O–H groups in total. The molecular weight excluding hydrogens is 296 g/mol. The van der Waals surface area contributed by atoms with Crippen molar-refractivity contribution < 1.29 is 28.2 Å². The van der Waals surface area contributed by atoms with Crippen molar-refractivity contribution in [3.05, 3.63) is 29.8 Å². The SMILES string of the molecule is CC1CN(C(=O)c2ccc(OC(F)F)cc2)CCC1C(=O)O. The van der Waals surface area contributed by atoms with E-state index >= 15 is 0 Å². The van der Waals surface area contributed by atoms with Crippen LogP contribution in [0, 0.1) is 11.8 Å². The maximum atomic E-state index is 12.3. The van der Waals surface area contributed by atoms with E-state index in [9.17, 15) is 18.4 Å². The van der Waals surface area contributed by atoms with Crippen molar-refractivity contribution in [3.63, 3.8) is 0 Å². The molecule has 1 saturated heterocycles. The summed E-state index contributed by atoms with van der Waals surface area (Å²) in [5.74, 6) is -1.65. The number of likely N-dealkylation sites (tertiary alicyclic amines) is 1. The van der Waals surface area contributed by atoms with Crippen LogP contribution < -0.4 is 4.74 Å². The first-order valence-electron chi connectivity index (χ1n) is 6.95. The van der Waals surface area contributed by atoms with Crippen molar-refractivity contribution in [2.75, 3.05) is 13.1 Å². The molecule has 120 valence electrons. The third-order valence-corrected chi connectivity index (χ3v) is 3.84. The van der Waals surface area contributed by atoms with Gasteiger partial charge in [-0.1, -0.05) is 6.92 Å². The van der Waals surface area contributed by atoms with Gasteiger partial charge in [-0.15, -0.1) is 0 Å². The van der Waals surface area contributed by atoms with E-state index in [-0.39, 0.29) is 17.6 Å². The van der Waals surface area contributed by atoms with E-state index in [4.69, 9.17) is 5.11 Å². The van der Waals surface area contributed by atoms with Crippen LogP contribution in [0.15, 0.2) is 24.3 Å². The average molecular weight is 313 g/mol. The lowest BCUT2D eigenvalue weighted by Crippen LogP contribution is -2.44. The molecule has 1 aliphatic heterocycles. The summed E-state index contributed by atoms with van der Waals surface area (Å²) in [5.41, 5.74) is 0.364. The summed E-state index contributed by atoms with van der Waals surface area (Å²) in [7, 11) is 0. The van der Waals surface area contributed by atoms with Gasteiger partial charge in [0.15, 0.2) is 0 Å². The van der Waals surface area contributed by atoms with Gasteiger partial charge in [0.25, 0.3) is 5.91 Å². The molecule has 2 unspecified atom stereocenters. The number of ether oxygens (including phenoxy) is 1. The van der Waals surface area contributed by atoms with Gasteiger partial charge in [-0.25, -0.2) is 0 Å². The molecule has 1 fully saturated rings. The number of carbonyl (C=O) groups is 2. The van der Waals surface area contributed by atoms with E-state index in [0.29, 0.717) is 25.1 Å². The number of hydrogen-bond donors (Lipinski definition) is 1. The highest BCUT2D eigenvalue weighted by Gasteiger charge is 2.33. The second-order valence-electron chi connectivity index (χ2n) is 5.36. The molecule has 2 rings (SSSR count). The standard InChI is InChI=1S/C15H17F2NO4/c1-9-8-18(7-6-12(9)14(20)21)13(19)10-2-4-11(5-3-10)22-15(16)17/h2-5,9,12,15H,6-8H2,1H3,(H,20,21). The fourth-order valence-electron chi connectivity index (χ4n) is 2.66. The number of alkyl halides is 2. The molecule has 0 spiro atoms. The molecule has 1 aromatic carbocycles. The molecule has 1 heterocycles. The minimum atomic E-state index is -2.91. The Morgan fingerprint density at radius 3 is 2.45 bits per heavy atom. The Bertz CT molecular complexity index is 547. The molecule has 5 nitrogen and oxygen atoms in total. The number of piperidine rings is 1. The van der Waals surface area contributed by atoms with Gasteiger partial charge in [-0.05, 0) is 36.6 Å². The van der Waals surface area contributed by atoms with Crippen LogP contribution in [0.3, 0.4) is 0 Å². The van der Waals surface area contributed by atoms with Crippen LogP contribution in [0.2, 0.25) is 0 Å². The fourth-order valence-corrected chi connectivity index (χ4v) is 2.66. The maximum Gasteiger partial charge on any atom is 0.387 e. The Kier molecular flexibility index (Phi) is 4.95. The normalized spacial score (nSPS) is 21.7. The third-order valence-electron chi connectivity index (χ3n) is 3.84. The molecule has 2 atom stereocenters. The molecule has 0 bridgehead atoms. The minimum absolute atomic E-state index is 0.00972. The number of benzene rings is 1. The summed E-state index contributed by atoms with van der Waals surface area (Å²) in [4.78, 5) is 25.0. The Labute approximate surface area is 126 Å². The molecule has 7 heteroatoms. The first-order chi connectivity index (χ1) is 10.4. The quantitative estimate of drug-likeness (QED) is 0.927. The summed E-state index contributed by atoms with van der Waals surface area (Å²) < 4.78 is 28.4. The van der Waals surface area contributed by atoms with E-state index in [1.165, 1.54) is 24.3 Å². The molecule has 22 heavy (non-hydrogen) atoms. The van der Waals surface area contributed by atoms with Gasteiger partial charge < -0.3 is 14.7 Å². The van der Waals surface area contributed by atoms with Gasteiger partial charge >= 0.3 is 12.6 Å². The number of hydrogen-bond acceptors (Lipinski definition) is 3. The Morgan fingerprint density at radius 2 is 1.95 bits per heavy atom. The molecule has 1 amide bonds. The van der Waals surface area contributed by atoms with Gasteiger partial charge in [0.1, 0.15) is 5.75 Å². The maximum absolute atomic E-state index is 12.3. The van der Waals surface area contributed by atoms with Gasteiger partial charge in [-0.2, -0.15) is 8.78 Å². The van der Waals surface area contributed by atoms with Gasteiger partial charge in [0, 0.05) is 18.7 Å². The molecule has 0 aliphatic carbocycles. The van der Waals surface area contributed by atoms with Crippen LogP contribution >= 0.6 is 0 Å².